The van der Waals surface area contributed by atoms with Crippen LogP contribution in [0.1, 0.15) is 6.42 Å². The van der Waals surface area contributed by atoms with Crippen LogP contribution in [0.5, 0.6) is 0 Å². The van der Waals surface area contributed by atoms with Crippen molar-refractivity contribution in [3.8, 4) is 0 Å². The molecule has 0 bridgehead atoms. The number of aliphatic hydroxyl groups excluding tert-OH is 1. The molecule has 0 heterocycles. The molecule has 0 aliphatic rings. The molecular weight excluding hydrogens is 248 g/mol. The Bertz CT molecular complexity index is 340. The van der Waals surface area contributed by atoms with Gasteiger partial charge in [0.25, 0.3) is 0 Å². The summed E-state index contributed by atoms with van der Waals surface area (Å²) in [7, 11) is 1.31. The number of thioether (sulfide) groups is 1. The average molecular weight is 261 g/mol. The highest BCUT2D eigenvalue weighted by atomic mass is 35.5. The fraction of sp³-hybridized carbons (Fsp3) is 0.364. The lowest BCUT2D eigenvalue weighted by Crippen LogP contribution is -2.16. The van der Waals surface area contributed by atoms with Crippen molar-refractivity contribution in [3.05, 3.63) is 29.3 Å². The van der Waals surface area contributed by atoms with Crippen molar-refractivity contribution < 1.29 is 14.6 Å². The maximum atomic E-state index is 10.9. The molecule has 5 heteroatoms. The fourth-order valence-corrected chi connectivity index (χ4v) is 2.02. The Morgan fingerprint density at radius 1 is 1.50 bits per heavy atom. The second kappa shape index (κ2) is 6.78. The zero-order valence-corrected chi connectivity index (χ0v) is 10.4. The van der Waals surface area contributed by atoms with Crippen molar-refractivity contribution in [3.63, 3.8) is 0 Å². The van der Waals surface area contributed by atoms with Crippen LogP contribution in [-0.4, -0.2) is 30.0 Å². The van der Waals surface area contributed by atoms with E-state index in [0.29, 0.717) is 10.8 Å². The molecule has 1 aromatic carbocycles. The summed E-state index contributed by atoms with van der Waals surface area (Å²) in [6.45, 7) is 0. The van der Waals surface area contributed by atoms with Gasteiger partial charge in [-0.3, -0.25) is 4.79 Å². The maximum absolute atomic E-state index is 10.9. The third-order valence-electron chi connectivity index (χ3n) is 1.89. The van der Waals surface area contributed by atoms with E-state index in [1.807, 2.05) is 12.1 Å². The molecule has 0 radical (unpaired) electrons. The van der Waals surface area contributed by atoms with E-state index >= 15 is 0 Å². The maximum Gasteiger partial charge on any atom is 0.308 e. The first-order valence-electron chi connectivity index (χ1n) is 4.75. The Morgan fingerprint density at radius 2 is 2.12 bits per heavy atom. The van der Waals surface area contributed by atoms with E-state index in [1.165, 1.54) is 18.9 Å². The summed E-state index contributed by atoms with van der Waals surface area (Å²) < 4.78 is 4.46. The molecule has 0 spiro atoms. The molecule has 1 N–H and O–H groups in total. The second-order valence-corrected chi connectivity index (χ2v) is 4.73. The highest BCUT2D eigenvalue weighted by molar-refractivity contribution is 7.99. The van der Waals surface area contributed by atoms with Gasteiger partial charge in [-0.2, -0.15) is 0 Å². The lowest BCUT2D eigenvalue weighted by Gasteiger charge is -2.08. The minimum absolute atomic E-state index is 0.0249. The molecule has 0 aliphatic carbocycles. The topological polar surface area (TPSA) is 46.5 Å². The van der Waals surface area contributed by atoms with Crippen LogP contribution in [0, 0.1) is 0 Å². The number of methoxy groups -OCH3 is 1. The molecule has 1 aromatic rings. The van der Waals surface area contributed by atoms with Gasteiger partial charge in [0.2, 0.25) is 0 Å². The summed E-state index contributed by atoms with van der Waals surface area (Å²) in [5.41, 5.74) is 0. The molecule has 1 atom stereocenters. The number of hydrogen-bond acceptors (Lipinski definition) is 4. The summed E-state index contributed by atoms with van der Waals surface area (Å²) >= 11 is 7.22. The number of benzene rings is 1. The summed E-state index contributed by atoms with van der Waals surface area (Å²) in [6.07, 6.45) is -0.662. The fourth-order valence-electron chi connectivity index (χ4n) is 1.06. The van der Waals surface area contributed by atoms with Gasteiger partial charge in [0.05, 0.1) is 19.6 Å². The molecule has 16 heavy (non-hydrogen) atoms. The molecule has 0 aliphatic heterocycles. The molecule has 0 amide bonds. The molecule has 88 valence electrons. The van der Waals surface area contributed by atoms with Crippen molar-refractivity contribution in [1.29, 1.82) is 0 Å². The lowest BCUT2D eigenvalue weighted by atomic mass is 10.3. The van der Waals surface area contributed by atoms with Crippen LogP contribution in [0.4, 0.5) is 0 Å². The summed E-state index contributed by atoms with van der Waals surface area (Å²) in [6, 6.07) is 7.32. The van der Waals surface area contributed by atoms with Crippen LogP contribution in [0.3, 0.4) is 0 Å². The van der Waals surface area contributed by atoms with Gasteiger partial charge in [0.15, 0.2) is 0 Å². The Hall–Kier alpha value is -0.710. The van der Waals surface area contributed by atoms with E-state index < -0.39 is 12.1 Å². The summed E-state index contributed by atoms with van der Waals surface area (Å²) in [4.78, 5) is 11.9. The van der Waals surface area contributed by atoms with Crippen LogP contribution in [0.15, 0.2) is 29.2 Å². The Balaban J connectivity index is 2.34. The highest BCUT2D eigenvalue weighted by Crippen LogP contribution is 2.21. The van der Waals surface area contributed by atoms with E-state index in [0.717, 1.165) is 4.90 Å². The SMILES string of the molecule is COC(=O)C[C@H](O)CSc1ccc(Cl)cc1. The van der Waals surface area contributed by atoms with E-state index in [4.69, 9.17) is 11.6 Å². The van der Waals surface area contributed by atoms with Crippen LogP contribution >= 0.6 is 23.4 Å². The number of ether oxygens (including phenoxy) is 1. The number of aliphatic hydroxyl groups is 1. The molecule has 1 rings (SSSR count). The number of esters is 1. The normalized spacial score (nSPS) is 12.2. The highest BCUT2D eigenvalue weighted by Gasteiger charge is 2.11. The van der Waals surface area contributed by atoms with Gasteiger partial charge < -0.3 is 9.84 Å². The number of rotatable bonds is 5. The van der Waals surface area contributed by atoms with Gasteiger partial charge in [-0.25, -0.2) is 0 Å². The number of carbonyl (C=O) groups excluding carboxylic acids is 1. The predicted molar refractivity (Wildman–Crippen MR) is 64.8 cm³/mol. The molecule has 3 nitrogen and oxygen atoms in total. The van der Waals surface area contributed by atoms with E-state index in [-0.39, 0.29) is 6.42 Å². The zero-order chi connectivity index (χ0) is 12.0. The monoisotopic (exact) mass is 260 g/mol. The van der Waals surface area contributed by atoms with Crippen LogP contribution in [-0.2, 0) is 9.53 Å². The summed E-state index contributed by atoms with van der Waals surface area (Å²) in [5.74, 6) is 0.0562. The van der Waals surface area contributed by atoms with E-state index in [2.05, 4.69) is 4.74 Å². The quantitative estimate of drug-likeness (QED) is 0.652. The van der Waals surface area contributed by atoms with Gasteiger partial charge in [-0.05, 0) is 24.3 Å². The molecule has 0 saturated carbocycles. The number of halogens is 1. The van der Waals surface area contributed by atoms with Gasteiger partial charge in [0, 0.05) is 15.7 Å². The van der Waals surface area contributed by atoms with Gasteiger partial charge in [-0.1, -0.05) is 11.6 Å². The van der Waals surface area contributed by atoms with E-state index in [1.54, 1.807) is 12.1 Å². The largest absolute Gasteiger partial charge is 0.469 e. The first kappa shape index (κ1) is 13.4. The molecule has 0 unspecified atom stereocenters. The molecule has 0 fully saturated rings. The van der Waals surface area contributed by atoms with Crippen molar-refractivity contribution in [2.24, 2.45) is 0 Å². The van der Waals surface area contributed by atoms with Crippen molar-refractivity contribution in [2.75, 3.05) is 12.9 Å². The standard InChI is InChI=1S/C11H13ClO3S/c1-15-11(14)6-9(13)7-16-10-4-2-8(12)3-5-10/h2-5,9,13H,6-7H2,1H3/t9-/m0/s1. The third kappa shape index (κ3) is 4.88. The van der Waals surface area contributed by atoms with Crippen molar-refractivity contribution >= 4 is 29.3 Å². The second-order valence-electron chi connectivity index (χ2n) is 3.20. The Morgan fingerprint density at radius 3 is 2.69 bits per heavy atom. The molecular formula is C11H13ClO3S. The molecule has 0 aromatic heterocycles. The number of hydrogen-bond donors (Lipinski definition) is 1. The van der Waals surface area contributed by atoms with Gasteiger partial charge in [-0.15, -0.1) is 11.8 Å². The first-order valence-corrected chi connectivity index (χ1v) is 6.11. The van der Waals surface area contributed by atoms with Crippen LogP contribution < -0.4 is 0 Å². The smallest absolute Gasteiger partial charge is 0.308 e. The lowest BCUT2D eigenvalue weighted by molar-refractivity contribution is -0.142. The Labute approximate surface area is 104 Å². The number of carbonyl (C=O) groups is 1. The zero-order valence-electron chi connectivity index (χ0n) is 8.85. The summed E-state index contributed by atoms with van der Waals surface area (Å²) in [5, 5.41) is 10.2. The first-order chi connectivity index (χ1) is 7.61. The van der Waals surface area contributed by atoms with Crippen LogP contribution in [0.2, 0.25) is 5.02 Å². The Kier molecular flexibility index (Phi) is 5.66. The molecule has 0 saturated heterocycles. The predicted octanol–water partition coefficient (Wildman–Crippen LogP) is 2.36. The van der Waals surface area contributed by atoms with Gasteiger partial charge >= 0.3 is 5.97 Å². The third-order valence-corrected chi connectivity index (χ3v) is 3.29. The minimum Gasteiger partial charge on any atom is -0.469 e. The van der Waals surface area contributed by atoms with Crippen molar-refractivity contribution in [1.82, 2.24) is 0 Å². The van der Waals surface area contributed by atoms with Crippen LogP contribution in [0.25, 0.3) is 0 Å². The van der Waals surface area contributed by atoms with E-state index in [9.17, 15) is 9.90 Å². The van der Waals surface area contributed by atoms with Gasteiger partial charge in [0.1, 0.15) is 0 Å². The minimum atomic E-state index is -0.687. The van der Waals surface area contributed by atoms with Crippen molar-refractivity contribution in [2.45, 2.75) is 17.4 Å². The average Bonchev–Trinajstić information content (AvgIpc) is 2.28.